The number of hydrogen-bond donors (Lipinski definition) is 2. The summed E-state index contributed by atoms with van der Waals surface area (Å²) in [5.74, 6) is -0.0482. The Bertz CT molecular complexity index is 1880. The lowest BCUT2D eigenvalue weighted by molar-refractivity contribution is 0.0921. The maximum absolute atomic E-state index is 13.7. The van der Waals surface area contributed by atoms with Gasteiger partial charge in [-0.3, -0.25) is 9.69 Å². The van der Waals surface area contributed by atoms with Gasteiger partial charge in [-0.1, -0.05) is 103 Å². The molecule has 45 heavy (non-hydrogen) atoms. The lowest BCUT2D eigenvalue weighted by Gasteiger charge is -2.32. The SMILES string of the molecule is CNC[C@H](Cc1ccc2ccccc2c1)N(C)C[C@H](Cc1cn(C)c2ccccc12)NC(=O)c1ccc(-c2ccccc2)cc1. The average molecular weight is 595 g/mol. The van der Waals surface area contributed by atoms with Crippen LogP contribution in [0.5, 0.6) is 0 Å². The fourth-order valence-corrected chi connectivity index (χ4v) is 6.48. The van der Waals surface area contributed by atoms with E-state index in [1.807, 2.05) is 49.5 Å². The molecule has 6 aromatic rings. The maximum atomic E-state index is 13.7. The van der Waals surface area contributed by atoms with Crippen molar-refractivity contribution in [2.75, 3.05) is 27.2 Å². The second-order valence-corrected chi connectivity index (χ2v) is 12.1. The second kappa shape index (κ2) is 13.9. The first-order chi connectivity index (χ1) is 22.0. The van der Waals surface area contributed by atoms with Gasteiger partial charge in [-0.15, -0.1) is 0 Å². The number of hydrogen-bond acceptors (Lipinski definition) is 3. The van der Waals surface area contributed by atoms with Crippen LogP contribution in [0.15, 0.2) is 128 Å². The Balaban J connectivity index is 1.23. The van der Waals surface area contributed by atoms with Crippen molar-refractivity contribution >= 4 is 27.6 Å². The van der Waals surface area contributed by atoms with Crippen molar-refractivity contribution in [2.45, 2.75) is 24.9 Å². The van der Waals surface area contributed by atoms with Crippen LogP contribution >= 0.6 is 0 Å². The third-order valence-corrected chi connectivity index (χ3v) is 8.89. The van der Waals surface area contributed by atoms with E-state index in [-0.39, 0.29) is 18.0 Å². The second-order valence-electron chi connectivity index (χ2n) is 12.1. The molecule has 1 heterocycles. The number of rotatable bonds is 12. The Morgan fingerprint density at radius 1 is 0.778 bits per heavy atom. The van der Waals surface area contributed by atoms with Crippen LogP contribution in [0.25, 0.3) is 32.8 Å². The molecule has 0 saturated heterocycles. The molecule has 0 bridgehead atoms. The third-order valence-electron chi connectivity index (χ3n) is 8.89. The Kier molecular flexibility index (Phi) is 9.39. The molecule has 5 nitrogen and oxygen atoms in total. The predicted octanol–water partition coefficient (Wildman–Crippen LogP) is 7.10. The molecule has 0 aliphatic rings. The zero-order valence-electron chi connectivity index (χ0n) is 26.4. The predicted molar refractivity (Wildman–Crippen MR) is 188 cm³/mol. The molecule has 5 heteroatoms. The van der Waals surface area contributed by atoms with Crippen LogP contribution in [0.3, 0.4) is 0 Å². The first-order valence-electron chi connectivity index (χ1n) is 15.8. The molecule has 0 aliphatic heterocycles. The van der Waals surface area contributed by atoms with Gasteiger partial charge in [0, 0.05) is 54.9 Å². The summed E-state index contributed by atoms with van der Waals surface area (Å²) in [5, 5.41) is 10.6. The monoisotopic (exact) mass is 594 g/mol. The zero-order chi connectivity index (χ0) is 31.2. The topological polar surface area (TPSA) is 49.3 Å². The minimum Gasteiger partial charge on any atom is -0.350 e. The standard InChI is InChI=1S/C40H42N4O/c1-41-26-37(24-29-17-18-31-13-7-8-14-34(31)23-29)43(2)28-36(25-35-27-44(3)39-16-10-9-15-38(35)39)42-40(45)33-21-19-32(20-22-33)30-11-5-4-6-12-30/h4-23,27,36-37,41H,24-26,28H2,1-3H3,(H,42,45)/t36-,37-/m0/s1. The summed E-state index contributed by atoms with van der Waals surface area (Å²) in [5.41, 5.74) is 6.67. The molecule has 2 N–H and O–H groups in total. The quantitative estimate of drug-likeness (QED) is 0.159. The van der Waals surface area contributed by atoms with Crippen LogP contribution in [0, 0.1) is 0 Å². The molecular weight excluding hydrogens is 552 g/mol. The van der Waals surface area contributed by atoms with Crippen LogP contribution in [0.1, 0.15) is 21.5 Å². The number of likely N-dealkylation sites (N-methyl/N-ethyl adjacent to an activating group) is 2. The number of benzene rings is 5. The largest absolute Gasteiger partial charge is 0.350 e. The molecule has 0 radical (unpaired) electrons. The van der Waals surface area contributed by atoms with Crippen molar-refractivity contribution in [3.8, 4) is 11.1 Å². The van der Waals surface area contributed by atoms with Gasteiger partial charge in [-0.2, -0.15) is 0 Å². The van der Waals surface area contributed by atoms with Crippen LogP contribution in [-0.2, 0) is 19.9 Å². The minimum absolute atomic E-state index is 0.0482. The normalized spacial score (nSPS) is 12.9. The van der Waals surface area contributed by atoms with Gasteiger partial charge in [0.1, 0.15) is 0 Å². The number of para-hydroxylation sites is 1. The molecule has 6 rings (SSSR count). The van der Waals surface area contributed by atoms with Crippen molar-refractivity contribution in [3.63, 3.8) is 0 Å². The van der Waals surface area contributed by atoms with E-state index in [4.69, 9.17) is 0 Å². The minimum atomic E-state index is -0.0851. The first kappa shape index (κ1) is 30.3. The summed E-state index contributed by atoms with van der Waals surface area (Å²) in [4.78, 5) is 16.1. The lowest BCUT2D eigenvalue weighted by Crippen LogP contribution is -2.49. The Labute approximate surface area is 266 Å². The average Bonchev–Trinajstić information content (AvgIpc) is 3.39. The Morgan fingerprint density at radius 2 is 1.47 bits per heavy atom. The van der Waals surface area contributed by atoms with E-state index in [9.17, 15) is 4.79 Å². The van der Waals surface area contributed by atoms with Crippen LogP contribution in [-0.4, -0.2) is 54.6 Å². The van der Waals surface area contributed by atoms with Crippen molar-refractivity contribution in [3.05, 3.63) is 144 Å². The van der Waals surface area contributed by atoms with E-state index in [2.05, 4.69) is 119 Å². The molecule has 228 valence electrons. The van der Waals surface area contributed by atoms with E-state index in [1.165, 1.54) is 32.8 Å². The smallest absolute Gasteiger partial charge is 0.251 e. The van der Waals surface area contributed by atoms with E-state index in [1.54, 1.807) is 0 Å². The van der Waals surface area contributed by atoms with Crippen LogP contribution in [0.2, 0.25) is 0 Å². The summed E-state index contributed by atoms with van der Waals surface area (Å²) in [6, 6.07) is 42.1. The van der Waals surface area contributed by atoms with Gasteiger partial charge in [-0.05, 0) is 78.2 Å². The third kappa shape index (κ3) is 7.17. The molecular formula is C40H42N4O. The summed E-state index contributed by atoms with van der Waals surface area (Å²) >= 11 is 0. The van der Waals surface area contributed by atoms with Crippen molar-refractivity contribution in [1.82, 2.24) is 20.1 Å². The molecule has 0 fully saturated rings. The van der Waals surface area contributed by atoms with Crippen molar-refractivity contribution in [1.29, 1.82) is 0 Å². The highest BCUT2D eigenvalue weighted by Crippen LogP contribution is 2.24. The molecule has 0 aliphatic carbocycles. The lowest BCUT2D eigenvalue weighted by atomic mass is 9.99. The number of nitrogens with zero attached hydrogens (tertiary/aromatic N) is 2. The van der Waals surface area contributed by atoms with Gasteiger partial charge in [0.25, 0.3) is 5.91 Å². The van der Waals surface area contributed by atoms with Gasteiger partial charge in [0.05, 0.1) is 0 Å². The van der Waals surface area contributed by atoms with Gasteiger partial charge >= 0.3 is 0 Å². The Hall–Kier alpha value is -4.71. The summed E-state index contributed by atoms with van der Waals surface area (Å²) < 4.78 is 2.18. The highest BCUT2D eigenvalue weighted by atomic mass is 16.1. The van der Waals surface area contributed by atoms with Gasteiger partial charge in [0.2, 0.25) is 0 Å². The highest BCUT2D eigenvalue weighted by Gasteiger charge is 2.23. The summed E-state index contributed by atoms with van der Waals surface area (Å²) in [7, 11) is 6.28. The molecule has 0 unspecified atom stereocenters. The van der Waals surface area contributed by atoms with Crippen LogP contribution < -0.4 is 10.6 Å². The van der Waals surface area contributed by atoms with Gasteiger partial charge in [0.15, 0.2) is 0 Å². The Morgan fingerprint density at radius 3 is 2.24 bits per heavy atom. The molecule has 0 saturated carbocycles. The first-order valence-corrected chi connectivity index (χ1v) is 15.8. The number of aromatic nitrogens is 1. The number of carbonyl (C=O) groups is 1. The van der Waals surface area contributed by atoms with Crippen molar-refractivity contribution in [2.24, 2.45) is 7.05 Å². The van der Waals surface area contributed by atoms with Gasteiger partial charge in [-0.25, -0.2) is 0 Å². The fourth-order valence-electron chi connectivity index (χ4n) is 6.48. The number of aryl methyl sites for hydroxylation is 1. The highest BCUT2D eigenvalue weighted by molar-refractivity contribution is 5.95. The van der Waals surface area contributed by atoms with Gasteiger partial charge < -0.3 is 15.2 Å². The zero-order valence-corrected chi connectivity index (χ0v) is 26.4. The molecule has 1 aromatic heterocycles. The number of amides is 1. The van der Waals surface area contributed by atoms with Crippen LogP contribution in [0.4, 0.5) is 0 Å². The summed E-state index contributed by atoms with van der Waals surface area (Å²) in [6.07, 6.45) is 3.86. The van der Waals surface area contributed by atoms with E-state index in [0.29, 0.717) is 5.56 Å². The molecule has 0 spiro atoms. The fraction of sp³-hybridized carbons (Fsp3) is 0.225. The number of carbonyl (C=O) groups excluding carboxylic acids is 1. The molecule has 2 atom stereocenters. The number of fused-ring (bicyclic) bond motifs is 2. The van der Waals surface area contributed by atoms with Crippen molar-refractivity contribution < 1.29 is 4.79 Å². The number of nitrogens with one attached hydrogen (secondary N) is 2. The molecule has 5 aromatic carbocycles. The summed E-state index contributed by atoms with van der Waals surface area (Å²) in [6.45, 7) is 1.57. The van der Waals surface area contributed by atoms with E-state index >= 15 is 0 Å². The van der Waals surface area contributed by atoms with E-state index in [0.717, 1.165) is 37.1 Å². The van der Waals surface area contributed by atoms with E-state index < -0.39 is 0 Å². The maximum Gasteiger partial charge on any atom is 0.251 e. The molecule has 1 amide bonds.